The van der Waals surface area contributed by atoms with Gasteiger partial charge in [0.15, 0.2) is 0 Å². The van der Waals surface area contributed by atoms with Crippen molar-refractivity contribution >= 4 is 16.9 Å². The lowest BCUT2D eigenvalue weighted by Crippen LogP contribution is -2.11. The third-order valence-electron chi connectivity index (χ3n) is 3.20. The van der Waals surface area contributed by atoms with Crippen molar-refractivity contribution in [2.75, 3.05) is 0 Å². The lowest BCUT2D eigenvalue weighted by molar-refractivity contribution is 0.0683. The number of aryl methyl sites for hydroxylation is 2. The summed E-state index contributed by atoms with van der Waals surface area (Å²) in [5, 5.41) is 10.4. The van der Waals surface area contributed by atoms with Gasteiger partial charge in [0.2, 0.25) is 0 Å². The van der Waals surface area contributed by atoms with Crippen molar-refractivity contribution < 1.29 is 9.90 Å². The van der Waals surface area contributed by atoms with Crippen LogP contribution in [0.25, 0.3) is 10.9 Å². The Kier molecular flexibility index (Phi) is 2.69. The van der Waals surface area contributed by atoms with Gasteiger partial charge < -0.3 is 9.67 Å². The first-order valence-corrected chi connectivity index (χ1v) is 5.78. The van der Waals surface area contributed by atoms with E-state index in [-0.39, 0.29) is 6.04 Å². The number of carboxylic acid groups (broad SMARTS) is 1. The predicted molar refractivity (Wildman–Crippen MR) is 68.8 cm³/mol. The Balaban J connectivity index is 2.98. The molecule has 0 bridgehead atoms. The Morgan fingerprint density at radius 3 is 2.47 bits per heavy atom. The Labute approximate surface area is 101 Å². The summed E-state index contributed by atoms with van der Waals surface area (Å²) < 4.78 is 1.90. The second-order valence-electron chi connectivity index (χ2n) is 4.71. The molecule has 1 heterocycles. The summed E-state index contributed by atoms with van der Waals surface area (Å²) in [6, 6.07) is 6.12. The highest BCUT2D eigenvalue weighted by molar-refractivity contribution is 5.99. The molecule has 0 saturated heterocycles. The summed E-state index contributed by atoms with van der Waals surface area (Å²) in [4.78, 5) is 11.4. The summed E-state index contributed by atoms with van der Waals surface area (Å²) in [6.07, 6.45) is 0. The molecule has 1 N–H and O–H groups in total. The van der Waals surface area contributed by atoms with Gasteiger partial charge in [-0.25, -0.2) is 4.79 Å². The van der Waals surface area contributed by atoms with Crippen molar-refractivity contribution in [2.24, 2.45) is 0 Å². The molecule has 0 amide bonds. The predicted octanol–water partition coefficient (Wildman–Crippen LogP) is 3.54. The van der Waals surface area contributed by atoms with Gasteiger partial charge in [-0.05, 0) is 44.9 Å². The first-order chi connectivity index (χ1) is 7.95. The first-order valence-electron chi connectivity index (χ1n) is 5.78. The van der Waals surface area contributed by atoms with Crippen LogP contribution in [0.2, 0.25) is 0 Å². The van der Waals surface area contributed by atoms with Crippen molar-refractivity contribution in [3.05, 3.63) is 35.0 Å². The average molecular weight is 231 g/mol. The van der Waals surface area contributed by atoms with Crippen LogP contribution >= 0.6 is 0 Å². The van der Waals surface area contributed by atoms with Gasteiger partial charge in [0.05, 0.1) is 0 Å². The van der Waals surface area contributed by atoms with Crippen LogP contribution in [0, 0.1) is 13.8 Å². The van der Waals surface area contributed by atoms with Gasteiger partial charge in [-0.2, -0.15) is 0 Å². The van der Waals surface area contributed by atoms with E-state index in [0.29, 0.717) is 5.69 Å². The molecule has 3 heteroatoms. The molecule has 0 aliphatic carbocycles. The molecule has 3 nitrogen and oxygen atoms in total. The summed E-state index contributed by atoms with van der Waals surface area (Å²) >= 11 is 0. The monoisotopic (exact) mass is 231 g/mol. The van der Waals surface area contributed by atoms with Gasteiger partial charge in [0.1, 0.15) is 5.69 Å². The number of aromatic nitrogens is 1. The number of carbonyl (C=O) groups is 1. The van der Waals surface area contributed by atoms with E-state index in [2.05, 4.69) is 0 Å². The van der Waals surface area contributed by atoms with E-state index in [9.17, 15) is 9.90 Å². The van der Waals surface area contributed by atoms with E-state index < -0.39 is 5.97 Å². The quantitative estimate of drug-likeness (QED) is 0.859. The van der Waals surface area contributed by atoms with Gasteiger partial charge in [0, 0.05) is 16.9 Å². The number of aromatic carboxylic acids is 1. The topological polar surface area (TPSA) is 42.2 Å². The normalized spacial score (nSPS) is 11.4. The minimum absolute atomic E-state index is 0.138. The summed E-state index contributed by atoms with van der Waals surface area (Å²) in [7, 11) is 0. The van der Waals surface area contributed by atoms with E-state index in [0.717, 1.165) is 22.0 Å². The molecule has 0 saturated carbocycles. The molecule has 0 spiro atoms. The van der Waals surface area contributed by atoms with E-state index >= 15 is 0 Å². The van der Waals surface area contributed by atoms with Crippen molar-refractivity contribution in [1.29, 1.82) is 0 Å². The average Bonchev–Trinajstić information content (AvgIpc) is 2.53. The zero-order valence-corrected chi connectivity index (χ0v) is 10.6. The molecule has 2 aromatic rings. The van der Waals surface area contributed by atoms with Gasteiger partial charge >= 0.3 is 5.97 Å². The third-order valence-corrected chi connectivity index (χ3v) is 3.20. The Morgan fingerprint density at radius 2 is 1.94 bits per heavy atom. The molecule has 0 unspecified atom stereocenters. The van der Waals surface area contributed by atoms with Crippen molar-refractivity contribution in [3.63, 3.8) is 0 Å². The smallest absolute Gasteiger partial charge is 0.352 e. The zero-order chi connectivity index (χ0) is 12.7. The molecule has 0 radical (unpaired) electrons. The molecular formula is C14H17NO2. The van der Waals surface area contributed by atoms with Crippen LogP contribution in [0.3, 0.4) is 0 Å². The fraction of sp³-hybridized carbons (Fsp3) is 0.357. The van der Waals surface area contributed by atoms with Crippen molar-refractivity contribution in [1.82, 2.24) is 4.57 Å². The molecule has 2 rings (SSSR count). The molecule has 17 heavy (non-hydrogen) atoms. The van der Waals surface area contributed by atoms with Crippen LogP contribution in [0.15, 0.2) is 18.2 Å². The van der Waals surface area contributed by atoms with E-state index in [4.69, 9.17) is 0 Å². The minimum atomic E-state index is -0.855. The highest BCUT2D eigenvalue weighted by Gasteiger charge is 2.21. The molecule has 0 aliphatic rings. The van der Waals surface area contributed by atoms with Crippen molar-refractivity contribution in [3.8, 4) is 0 Å². The van der Waals surface area contributed by atoms with Crippen LogP contribution in [0.4, 0.5) is 0 Å². The van der Waals surface area contributed by atoms with Crippen molar-refractivity contribution in [2.45, 2.75) is 33.7 Å². The lowest BCUT2D eigenvalue weighted by Gasteiger charge is -2.12. The second-order valence-corrected chi connectivity index (χ2v) is 4.71. The largest absolute Gasteiger partial charge is 0.477 e. The number of rotatable bonds is 2. The zero-order valence-electron chi connectivity index (χ0n) is 10.6. The summed E-state index contributed by atoms with van der Waals surface area (Å²) in [5.74, 6) is -0.855. The summed E-state index contributed by atoms with van der Waals surface area (Å²) in [5.41, 5.74) is 3.40. The fourth-order valence-electron chi connectivity index (χ4n) is 2.56. The van der Waals surface area contributed by atoms with Gasteiger partial charge in [-0.1, -0.05) is 12.1 Å². The van der Waals surface area contributed by atoms with Crippen LogP contribution in [-0.2, 0) is 0 Å². The number of hydrogen-bond acceptors (Lipinski definition) is 1. The standard InChI is InChI=1S/C14H17NO2/c1-8(2)15-11-7-5-6-9(3)12(11)10(4)13(15)14(16)17/h5-8H,1-4H3,(H,16,17). The molecule has 90 valence electrons. The number of hydrogen-bond donors (Lipinski definition) is 1. The fourth-order valence-corrected chi connectivity index (χ4v) is 2.56. The highest BCUT2D eigenvalue weighted by Crippen LogP contribution is 2.31. The molecule has 1 aromatic carbocycles. The van der Waals surface area contributed by atoms with Gasteiger partial charge in [-0.15, -0.1) is 0 Å². The van der Waals surface area contributed by atoms with E-state index in [1.165, 1.54) is 0 Å². The van der Waals surface area contributed by atoms with E-state index in [1.54, 1.807) is 0 Å². The van der Waals surface area contributed by atoms with Crippen LogP contribution < -0.4 is 0 Å². The van der Waals surface area contributed by atoms with Crippen LogP contribution in [0.5, 0.6) is 0 Å². The number of nitrogens with zero attached hydrogens (tertiary/aromatic N) is 1. The van der Waals surface area contributed by atoms with E-state index in [1.807, 2.05) is 50.5 Å². The number of benzene rings is 1. The molecular weight excluding hydrogens is 214 g/mol. The highest BCUT2D eigenvalue weighted by atomic mass is 16.4. The minimum Gasteiger partial charge on any atom is -0.477 e. The second kappa shape index (κ2) is 3.91. The molecule has 0 aliphatic heterocycles. The Morgan fingerprint density at radius 1 is 1.29 bits per heavy atom. The maximum atomic E-state index is 11.4. The SMILES string of the molecule is Cc1cccc2c1c(C)c(C(=O)O)n2C(C)C. The number of carboxylic acids is 1. The first kappa shape index (κ1) is 11.7. The van der Waals surface area contributed by atoms with Gasteiger partial charge in [0.25, 0.3) is 0 Å². The Bertz CT molecular complexity index is 594. The lowest BCUT2D eigenvalue weighted by atomic mass is 10.1. The van der Waals surface area contributed by atoms with Crippen LogP contribution in [0.1, 0.15) is 41.5 Å². The summed E-state index contributed by atoms with van der Waals surface area (Å²) in [6.45, 7) is 7.92. The maximum absolute atomic E-state index is 11.4. The van der Waals surface area contributed by atoms with Gasteiger partial charge in [-0.3, -0.25) is 0 Å². The Hall–Kier alpha value is -1.77. The van der Waals surface area contributed by atoms with Crippen LogP contribution in [-0.4, -0.2) is 15.6 Å². The molecule has 0 fully saturated rings. The molecule has 1 aromatic heterocycles. The molecule has 0 atom stereocenters. The third kappa shape index (κ3) is 1.62. The number of fused-ring (bicyclic) bond motifs is 1. The maximum Gasteiger partial charge on any atom is 0.352 e.